The Labute approximate surface area is 480 Å². The van der Waals surface area contributed by atoms with Crippen LogP contribution in [-0.2, 0) is 38.9 Å². The van der Waals surface area contributed by atoms with Gasteiger partial charge in [0.25, 0.3) is 0 Å². The zero-order valence-corrected chi connectivity index (χ0v) is 49.3. The van der Waals surface area contributed by atoms with Crippen LogP contribution in [-0.4, -0.2) is 0 Å². The van der Waals surface area contributed by atoms with Crippen molar-refractivity contribution < 1.29 is 0 Å². The van der Waals surface area contributed by atoms with Crippen molar-refractivity contribution in [3.05, 3.63) is 284 Å². The average molecular weight is 1050 g/mol. The minimum Gasteiger partial charge on any atom is -0.0619 e. The Morgan fingerprint density at radius 1 is 0.247 bits per heavy atom. The zero-order valence-electron chi connectivity index (χ0n) is 49.3. The molecule has 0 saturated carbocycles. The van der Waals surface area contributed by atoms with Crippen LogP contribution >= 0.6 is 0 Å². The molecular formula is C81H72. The lowest BCUT2D eigenvalue weighted by molar-refractivity contribution is 0.581. The van der Waals surface area contributed by atoms with Gasteiger partial charge >= 0.3 is 0 Å². The Morgan fingerprint density at radius 3 is 0.877 bits per heavy atom. The highest BCUT2D eigenvalue weighted by Gasteiger charge is 2.53. The molecule has 0 unspecified atom stereocenters. The molecule has 0 amide bonds. The molecule has 15 rings (SSSR count). The van der Waals surface area contributed by atoms with E-state index >= 15 is 0 Å². The van der Waals surface area contributed by atoms with E-state index in [1.807, 2.05) is 0 Å². The fraction of sp³-hybridized carbons (Fsp3) is 0.235. The van der Waals surface area contributed by atoms with E-state index < -0.39 is 10.8 Å². The molecule has 0 heteroatoms. The highest BCUT2D eigenvalue weighted by molar-refractivity contribution is 6.22. The van der Waals surface area contributed by atoms with Crippen molar-refractivity contribution in [1.82, 2.24) is 0 Å². The van der Waals surface area contributed by atoms with Gasteiger partial charge in [0, 0.05) is 0 Å². The molecule has 2 spiro atoms. The van der Waals surface area contributed by atoms with Crippen molar-refractivity contribution in [2.24, 2.45) is 0 Å². The van der Waals surface area contributed by atoms with Gasteiger partial charge in [0.2, 0.25) is 0 Å². The van der Waals surface area contributed by atoms with E-state index in [0.29, 0.717) is 0 Å². The first-order valence-electron chi connectivity index (χ1n) is 29.7. The Bertz CT molecular complexity index is 4340. The summed E-state index contributed by atoms with van der Waals surface area (Å²) in [4.78, 5) is 0. The van der Waals surface area contributed by atoms with Crippen molar-refractivity contribution in [3.63, 3.8) is 0 Å². The number of benzene rings is 11. The molecule has 396 valence electrons. The summed E-state index contributed by atoms with van der Waals surface area (Å²) < 4.78 is 0. The molecule has 0 atom stereocenters. The molecule has 0 saturated heterocycles. The number of hydrogen-bond donors (Lipinski definition) is 0. The monoisotopic (exact) mass is 1040 g/mol. The molecule has 4 aliphatic carbocycles. The molecule has 0 aromatic heterocycles. The van der Waals surface area contributed by atoms with Crippen molar-refractivity contribution in [3.8, 4) is 55.6 Å². The number of hydrogen-bond acceptors (Lipinski definition) is 0. The van der Waals surface area contributed by atoms with Crippen LogP contribution in [0.3, 0.4) is 0 Å². The molecule has 0 fully saturated rings. The van der Waals surface area contributed by atoms with E-state index in [2.05, 4.69) is 289 Å². The van der Waals surface area contributed by atoms with Gasteiger partial charge in [0.15, 0.2) is 0 Å². The van der Waals surface area contributed by atoms with E-state index in [0.717, 1.165) is 6.42 Å². The van der Waals surface area contributed by atoms with Gasteiger partial charge in [-0.3, -0.25) is 0 Å². The summed E-state index contributed by atoms with van der Waals surface area (Å²) in [7, 11) is 0. The summed E-state index contributed by atoms with van der Waals surface area (Å²) >= 11 is 0. The van der Waals surface area contributed by atoms with Crippen molar-refractivity contribution >= 4 is 21.5 Å². The first-order chi connectivity index (χ1) is 38.7. The zero-order chi connectivity index (χ0) is 55.9. The molecule has 0 radical (unpaired) electrons. The summed E-state index contributed by atoms with van der Waals surface area (Å²) in [6.45, 7) is 28.3. The summed E-state index contributed by atoms with van der Waals surface area (Å²) in [6.07, 6.45) is 0.917. The molecule has 81 heavy (non-hydrogen) atoms. The van der Waals surface area contributed by atoms with Crippen molar-refractivity contribution in [2.45, 2.75) is 122 Å². The van der Waals surface area contributed by atoms with E-state index in [4.69, 9.17) is 0 Å². The van der Waals surface area contributed by atoms with Gasteiger partial charge in [-0.25, -0.2) is 0 Å². The second kappa shape index (κ2) is 16.8. The lowest BCUT2D eigenvalue weighted by Crippen LogP contribution is -2.35. The Kier molecular flexibility index (Phi) is 10.3. The first kappa shape index (κ1) is 49.9. The quantitative estimate of drug-likeness (QED) is 0.151. The molecule has 11 aromatic rings. The summed E-state index contributed by atoms with van der Waals surface area (Å²) in [5.74, 6) is 0. The minimum atomic E-state index is -0.518. The van der Waals surface area contributed by atoms with Crippen LogP contribution < -0.4 is 0 Å². The SMILES string of the molecule is CC(C)(C)c1ccc2c(c1)C1(c3cc(C(C)(C)C)ccc3C2)c2ccccc2-c2ccc(-c3c4ccccc4c(-c4ccc5c(c4)C4(c6ccccc6-5)c5cc(C(C)(C)C)ccc5-c5ccc(C(C)(C)C)cc54)c4ccccc34)cc21. The highest BCUT2D eigenvalue weighted by atomic mass is 14.5. The van der Waals surface area contributed by atoms with E-state index in [1.165, 1.54) is 155 Å². The van der Waals surface area contributed by atoms with Gasteiger partial charge in [0.1, 0.15) is 0 Å². The normalized spacial score (nSPS) is 15.1. The van der Waals surface area contributed by atoms with Gasteiger partial charge in [0.05, 0.1) is 10.8 Å². The third-order valence-corrected chi connectivity index (χ3v) is 19.6. The highest BCUT2D eigenvalue weighted by Crippen LogP contribution is 2.65. The number of fused-ring (bicyclic) bond motifs is 21. The maximum absolute atomic E-state index is 2.62. The van der Waals surface area contributed by atoms with Crippen LogP contribution in [0.2, 0.25) is 0 Å². The maximum Gasteiger partial charge on any atom is 0.0725 e. The first-order valence-corrected chi connectivity index (χ1v) is 29.7. The van der Waals surface area contributed by atoms with E-state index in [9.17, 15) is 0 Å². The van der Waals surface area contributed by atoms with Gasteiger partial charge < -0.3 is 0 Å². The van der Waals surface area contributed by atoms with Crippen LogP contribution in [0.4, 0.5) is 0 Å². The fourth-order valence-electron chi connectivity index (χ4n) is 15.5. The maximum atomic E-state index is 2.62. The molecule has 0 nitrogen and oxygen atoms in total. The summed E-state index contributed by atoms with van der Waals surface area (Å²) in [5, 5.41) is 5.07. The van der Waals surface area contributed by atoms with E-state index in [1.54, 1.807) is 0 Å². The topological polar surface area (TPSA) is 0 Å². The second-order valence-corrected chi connectivity index (χ2v) is 28.4. The third kappa shape index (κ3) is 6.89. The summed E-state index contributed by atoms with van der Waals surface area (Å²) in [6, 6.07) is 81.9. The third-order valence-electron chi connectivity index (χ3n) is 19.6. The number of rotatable bonds is 2. The van der Waals surface area contributed by atoms with Crippen LogP contribution in [0.5, 0.6) is 0 Å². The van der Waals surface area contributed by atoms with Crippen LogP contribution in [0.25, 0.3) is 77.2 Å². The standard InChI is InChI=1S/C81H72/c1-76(2,3)52-33-29-48-41-49-30-34-53(77(4,5)6)45-69(49)80(68(48)44-52)66-27-19-17-21-56(66)58-37-31-50(42-70(58)80)74-62-23-13-15-25-64(62)75(65-26-16-14-24-63(65)74)51-32-38-59-57-22-18-20-28-67(57)81(71(59)43-51)72-46-54(78(7,8)9)35-39-60(72)61-40-36-55(47-73(61)81)79(10,11)12/h13-40,42-47H,41H2,1-12H3. The molecule has 11 aromatic carbocycles. The van der Waals surface area contributed by atoms with E-state index in [-0.39, 0.29) is 21.7 Å². The lowest BCUT2D eigenvalue weighted by Gasteiger charge is -2.42. The Balaban J connectivity index is 0.998. The predicted molar refractivity (Wildman–Crippen MR) is 344 cm³/mol. The fourth-order valence-corrected chi connectivity index (χ4v) is 15.5. The second-order valence-electron chi connectivity index (χ2n) is 28.4. The summed E-state index contributed by atoms with van der Waals surface area (Å²) in [5.41, 5.74) is 31.4. The van der Waals surface area contributed by atoms with Crippen molar-refractivity contribution in [1.29, 1.82) is 0 Å². The Hall–Kier alpha value is -8.06. The van der Waals surface area contributed by atoms with Crippen LogP contribution in [0.15, 0.2) is 206 Å². The molecule has 0 heterocycles. The molecular weight excluding hydrogens is 973 g/mol. The molecule has 0 aliphatic heterocycles. The van der Waals surface area contributed by atoms with Crippen molar-refractivity contribution in [2.75, 3.05) is 0 Å². The average Bonchev–Trinajstić information content (AvgIpc) is 3.61. The predicted octanol–water partition coefficient (Wildman–Crippen LogP) is 21.1. The van der Waals surface area contributed by atoms with Crippen LogP contribution in [0, 0.1) is 0 Å². The Morgan fingerprint density at radius 2 is 0.519 bits per heavy atom. The largest absolute Gasteiger partial charge is 0.0725 e. The van der Waals surface area contributed by atoms with Gasteiger partial charge in [-0.05, 0) is 195 Å². The minimum absolute atomic E-state index is 0.0207. The van der Waals surface area contributed by atoms with Crippen LogP contribution in [0.1, 0.15) is 161 Å². The van der Waals surface area contributed by atoms with Gasteiger partial charge in [-0.15, -0.1) is 0 Å². The molecule has 4 aliphatic rings. The van der Waals surface area contributed by atoms with Gasteiger partial charge in [-0.2, -0.15) is 0 Å². The molecule has 0 bridgehead atoms. The van der Waals surface area contributed by atoms with Gasteiger partial charge in [-0.1, -0.05) is 277 Å². The smallest absolute Gasteiger partial charge is 0.0619 e. The molecule has 0 N–H and O–H groups in total. The lowest BCUT2D eigenvalue weighted by atomic mass is 9.60.